The highest BCUT2D eigenvalue weighted by Gasteiger charge is 2.10. The Balaban J connectivity index is 2.18. The van der Waals surface area contributed by atoms with Gasteiger partial charge in [0.1, 0.15) is 11.6 Å². The number of fused-ring (bicyclic) bond motifs is 1. The molecule has 0 bridgehead atoms. The van der Waals surface area contributed by atoms with Crippen molar-refractivity contribution < 1.29 is 4.79 Å². The Labute approximate surface area is 124 Å². The van der Waals surface area contributed by atoms with Crippen molar-refractivity contribution in [3.05, 3.63) is 18.0 Å². The zero-order valence-electron chi connectivity index (χ0n) is 13.1. The summed E-state index contributed by atoms with van der Waals surface area (Å²) >= 11 is 0. The van der Waals surface area contributed by atoms with Gasteiger partial charge in [-0.15, -0.1) is 15.3 Å². The van der Waals surface area contributed by atoms with Crippen LogP contribution in [0.5, 0.6) is 0 Å². The minimum Gasteiger partial charge on any atom is -0.357 e. The van der Waals surface area contributed by atoms with Crippen LogP contribution in [0, 0.1) is 0 Å². The van der Waals surface area contributed by atoms with Gasteiger partial charge in [-0.3, -0.25) is 0 Å². The van der Waals surface area contributed by atoms with Crippen molar-refractivity contribution >= 4 is 17.2 Å². The molecule has 0 atom stereocenters. The van der Waals surface area contributed by atoms with Crippen molar-refractivity contribution in [3.8, 4) is 0 Å². The molecule has 7 nitrogen and oxygen atoms in total. The maximum Gasteiger partial charge on any atom is 0.178 e. The van der Waals surface area contributed by atoms with Crippen molar-refractivity contribution in [1.29, 1.82) is 0 Å². The van der Waals surface area contributed by atoms with E-state index in [4.69, 9.17) is 0 Å². The van der Waals surface area contributed by atoms with E-state index in [1.165, 1.54) is 0 Å². The van der Waals surface area contributed by atoms with E-state index >= 15 is 0 Å². The highest BCUT2D eigenvalue weighted by Crippen LogP contribution is 2.11. The van der Waals surface area contributed by atoms with E-state index in [-0.39, 0.29) is 5.78 Å². The third-order valence-electron chi connectivity index (χ3n) is 3.29. The number of ketones is 1. The number of carbonyl (C=O) groups excluding carboxylic acids is 1. The maximum absolute atomic E-state index is 11.1. The average Bonchev–Trinajstić information content (AvgIpc) is 2.84. The Morgan fingerprint density at radius 3 is 2.62 bits per heavy atom. The fourth-order valence-electron chi connectivity index (χ4n) is 1.94. The summed E-state index contributed by atoms with van der Waals surface area (Å²) in [5.41, 5.74) is 0.707. The average molecular weight is 290 g/mol. The van der Waals surface area contributed by atoms with Crippen LogP contribution in [0.4, 0.5) is 5.82 Å². The lowest BCUT2D eigenvalue weighted by atomic mass is 10.2. The first-order valence-corrected chi connectivity index (χ1v) is 7.04. The van der Waals surface area contributed by atoms with Gasteiger partial charge in [-0.2, -0.15) is 4.52 Å². The van der Waals surface area contributed by atoms with Crippen molar-refractivity contribution in [2.75, 3.05) is 39.1 Å². The topological polar surface area (TPSA) is 66.6 Å². The number of aromatic nitrogens is 4. The Morgan fingerprint density at radius 2 is 1.95 bits per heavy atom. The van der Waals surface area contributed by atoms with Gasteiger partial charge in [-0.25, -0.2) is 0 Å². The van der Waals surface area contributed by atoms with Crippen LogP contribution in [0.1, 0.15) is 19.2 Å². The highest BCUT2D eigenvalue weighted by atomic mass is 16.1. The molecule has 0 unspecified atom stereocenters. The third-order valence-corrected chi connectivity index (χ3v) is 3.29. The zero-order chi connectivity index (χ0) is 15.4. The fraction of sp³-hybridized carbons (Fsp3) is 0.571. The van der Waals surface area contributed by atoms with Crippen molar-refractivity contribution in [1.82, 2.24) is 24.7 Å². The summed E-state index contributed by atoms with van der Waals surface area (Å²) in [5.74, 6) is 1.74. The second-order valence-electron chi connectivity index (χ2n) is 5.50. The van der Waals surface area contributed by atoms with Crippen LogP contribution in [0.2, 0.25) is 0 Å². The number of anilines is 1. The standard InChI is InChI=1S/C14H22N6O/c1-11(21)5-6-12-15-16-13-7-8-14(17-20(12)13)19(4)10-9-18(2)3/h7-8H,5-6,9-10H2,1-4H3. The molecular weight excluding hydrogens is 268 g/mol. The fourth-order valence-corrected chi connectivity index (χ4v) is 1.94. The number of aryl methyl sites for hydroxylation is 1. The molecule has 0 saturated carbocycles. The smallest absolute Gasteiger partial charge is 0.178 e. The van der Waals surface area contributed by atoms with E-state index in [1.54, 1.807) is 11.4 Å². The van der Waals surface area contributed by atoms with Gasteiger partial charge >= 0.3 is 0 Å². The molecule has 0 N–H and O–H groups in total. The third kappa shape index (κ3) is 3.98. The van der Waals surface area contributed by atoms with Crippen molar-refractivity contribution in [2.45, 2.75) is 19.8 Å². The molecule has 0 aliphatic carbocycles. The summed E-state index contributed by atoms with van der Waals surface area (Å²) in [6, 6.07) is 3.84. The predicted molar refractivity (Wildman–Crippen MR) is 81.6 cm³/mol. The van der Waals surface area contributed by atoms with Gasteiger partial charge in [0, 0.05) is 33.0 Å². The lowest BCUT2D eigenvalue weighted by Gasteiger charge is -2.20. The van der Waals surface area contributed by atoms with E-state index in [9.17, 15) is 4.79 Å². The Hall–Kier alpha value is -2.02. The van der Waals surface area contributed by atoms with E-state index < -0.39 is 0 Å². The summed E-state index contributed by atoms with van der Waals surface area (Å²) < 4.78 is 1.73. The lowest BCUT2D eigenvalue weighted by molar-refractivity contribution is -0.117. The summed E-state index contributed by atoms with van der Waals surface area (Å²) in [5, 5.41) is 12.8. The molecule has 0 radical (unpaired) electrons. The largest absolute Gasteiger partial charge is 0.357 e. The Kier molecular flexibility index (Phi) is 4.85. The predicted octanol–water partition coefficient (Wildman–Crippen LogP) is 0.644. The van der Waals surface area contributed by atoms with E-state index in [0.717, 1.165) is 24.7 Å². The molecule has 2 aromatic rings. The number of hydrogen-bond donors (Lipinski definition) is 0. The Morgan fingerprint density at radius 1 is 1.19 bits per heavy atom. The van der Waals surface area contributed by atoms with Crippen LogP contribution in [-0.4, -0.2) is 64.7 Å². The van der Waals surface area contributed by atoms with Crippen LogP contribution < -0.4 is 4.90 Å². The highest BCUT2D eigenvalue weighted by molar-refractivity contribution is 5.75. The number of rotatable bonds is 7. The summed E-state index contributed by atoms with van der Waals surface area (Å²) in [4.78, 5) is 15.3. The number of hydrogen-bond acceptors (Lipinski definition) is 6. The van der Waals surface area contributed by atoms with Crippen molar-refractivity contribution in [3.63, 3.8) is 0 Å². The molecule has 0 spiro atoms. The number of nitrogens with zero attached hydrogens (tertiary/aromatic N) is 6. The molecule has 0 aliphatic rings. The van der Waals surface area contributed by atoms with Crippen molar-refractivity contribution in [2.24, 2.45) is 0 Å². The number of carbonyl (C=O) groups is 1. The van der Waals surface area contributed by atoms with E-state index in [1.807, 2.05) is 33.3 Å². The normalized spacial score (nSPS) is 11.3. The quantitative estimate of drug-likeness (QED) is 0.745. The molecule has 2 aromatic heterocycles. The van der Waals surface area contributed by atoms with Gasteiger partial charge in [0.2, 0.25) is 0 Å². The molecule has 114 valence electrons. The molecule has 0 amide bonds. The molecule has 2 heterocycles. The van der Waals surface area contributed by atoms with Crippen LogP contribution in [0.15, 0.2) is 12.1 Å². The Bertz CT molecular complexity index is 621. The first kappa shape index (κ1) is 15.4. The second-order valence-corrected chi connectivity index (χ2v) is 5.50. The van der Waals surface area contributed by atoms with Crippen LogP contribution in [0.3, 0.4) is 0 Å². The molecule has 0 aliphatic heterocycles. The summed E-state index contributed by atoms with van der Waals surface area (Å²) in [6.45, 7) is 3.42. The van der Waals surface area contributed by atoms with E-state index in [0.29, 0.717) is 18.5 Å². The zero-order valence-corrected chi connectivity index (χ0v) is 13.1. The number of Topliss-reactive ketones (excluding diaryl/α,β-unsaturated/α-hetero) is 1. The lowest BCUT2D eigenvalue weighted by Crippen LogP contribution is -2.29. The molecule has 0 fully saturated rings. The second kappa shape index (κ2) is 6.62. The minimum absolute atomic E-state index is 0.144. The maximum atomic E-state index is 11.1. The molecule has 0 aromatic carbocycles. The monoisotopic (exact) mass is 290 g/mol. The first-order chi connectivity index (χ1) is 9.97. The van der Waals surface area contributed by atoms with E-state index in [2.05, 4.69) is 25.1 Å². The molecular formula is C14H22N6O. The van der Waals surface area contributed by atoms with Gasteiger partial charge in [-0.1, -0.05) is 0 Å². The molecule has 0 saturated heterocycles. The van der Waals surface area contributed by atoms with Gasteiger partial charge in [0.25, 0.3) is 0 Å². The summed E-state index contributed by atoms with van der Waals surface area (Å²) in [6.07, 6.45) is 1.03. The van der Waals surface area contributed by atoms with Crippen LogP contribution >= 0.6 is 0 Å². The van der Waals surface area contributed by atoms with Crippen LogP contribution in [-0.2, 0) is 11.2 Å². The van der Waals surface area contributed by atoms with Gasteiger partial charge in [0.05, 0.1) is 0 Å². The van der Waals surface area contributed by atoms with Crippen LogP contribution in [0.25, 0.3) is 5.65 Å². The van der Waals surface area contributed by atoms with Gasteiger partial charge in [0.15, 0.2) is 11.5 Å². The molecule has 7 heteroatoms. The molecule has 2 rings (SSSR count). The first-order valence-electron chi connectivity index (χ1n) is 7.04. The van der Waals surface area contributed by atoms with Gasteiger partial charge in [-0.05, 0) is 33.2 Å². The number of likely N-dealkylation sites (N-methyl/N-ethyl adjacent to an activating group) is 2. The SMILES string of the molecule is CC(=O)CCc1nnc2ccc(N(C)CCN(C)C)nn12. The molecule has 21 heavy (non-hydrogen) atoms. The minimum atomic E-state index is 0.144. The van der Waals surface area contributed by atoms with Gasteiger partial charge < -0.3 is 14.6 Å². The summed E-state index contributed by atoms with van der Waals surface area (Å²) in [7, 11) is 6.10.